The molecule has 4 aliphatic rings. The molecule has 8 atom stereocenters. The van der Waals surface area contributed by atoms with Crippen LogP contribution in [0.3, 0.4) is 0 Å². The summed E-state index contributed by atoms with van der Waals surface area (Å²) in [4.78, 5) is 13.2. The van der Waals surface area contributed by atoms with E-state index in [4.69, 9.17) is 0 Å². The highest BCUT2D eigenvalue weighted by molar-refractivity contribution is 5.86. The zero-order chi connectivity index (χ0) is 20.9. The summed E-state index contributed by atoms with van der Waals surface area (Å²) >= 11 is 0. The number of fused-ring (bicyclic) bond motifs is 5. The summed E-state index contributed by atoms with van der Waals surface area (Å²) in [6.07, 6.45) is 12.1. The number of halogens is 1. The van der Waals surface area contributed by atoms with Crippen molar-refractivity contribution in [2.75, 3.05) is 11.9 Å². The Kier molecular flexibility index (Phi) is 5.44. The van der Waals surface area contributed by atoms with Gasteiger partial charge in [0.05, 0.1) is 6.54 Å². The number of benzene rings is 1. The largest absolute Gasteiger partial charge is 0.378 e. The molecule has 0 radical (unpaired) electrons. The predicted molar refractivity (Wildman–Crippen MR) is 120 cm³/mol. The average Bonchev–Trinajstić information content (AvgIpc) is 3.10. The molecule has 0 saturated heterocycles. The lowest BCUT2D eigenvalue weighted by Crippen LogP contribution is -2.49. The summed E-state index contributed by atoms with van der Waals surface area (Å²) in [6, 6.07) is 6.33. The topological polar surface area (TPSA) is 29.1 Å². The van der Waals surface area contributed by atoms with Crippen LogP contribution in [0, 0.1) is 52.7 Å². The van der Waals surface area contributed by atoms with Crippen LogP contribution in [-0.2, 0) is 4.79 Å². The predicted octanol–water partition coefficient (Wildman–Crippen LogP) is 6.71. The lowest BCUT2D eigenvalue weighted by molar-refractivity contribution is -0.128. The number of rotatable bonds is 4. The summed E-state index contributed by atoms with van der Waals surface area (Å²) in [5.41, 5.74) is 1.02. The number of ketones is 1. The Bertz CT molecular complexity index is 776. The molecule has 1 N–H and O–H groups in total. The Morgan fingerprint density at radius 3 is 2.57 bits per heavy atom. The Morgan fingerprint density at radius 2 is 1.77 bits per heavy atom. The van der Waals surface area contributed by atoms with E-state index in [1.54, 1.807) is 12.1 Å². The molecule has 30 heavy (non-hydrogen) atoms. The monoisotopic (exact) mass is 411 g/mol. The quantitative estimate of drug-likeness (QED) is 0.596. The van der Waals surface area contributed by atoms with Crippen molar-refractivity contribution in [3.8, 4) is 0 Å². The van der Waals surface area contributed by atoms with Crippen molar-refractivity contribution < 1.29 is 9.18 Å². The SMILES string of the molecule is CC1CC[C@H]2C(CCC3C2CC[C@]2(C)C(C(=O)CNc4ccc(F)cc4)CCC32)C1. The smallest absolute Gasteiger partial charge is 0.155 e. The van der Waals surface area contributed by atoms with Crippen LogP contribution in [0.15, 0.2) is 24.3 Å². The Morgan fingerprint density at radius 1 is 1.00 bits per heavy atom. The number of carbonyl (C=O) groups is 1. The molecule has 3 heteroatoms. The molecule has 4 saturated carbocycles. The second-order valence-electron chi connectivity index (χ2n) is 11.4. The number of Topliss-reactive ketones (excluding diaryl/α,β-unsaturated/α-hetero) is 1. The van der Waals surface area contributed by atoms with Gasteiger partial charge in [-0.3, -0.25) is 4.79 Å². The third-order valence-electron chi connectivity index (χ3n) is 9.92. The van der Waals surface area contributed by atoms with Gasteiger partial charge in [-0.2, -0.15) is 0 Å². The minimum Gasteiger partial charge on any atom is -0.378 e. The van der Waals surface area contributed by atoms with Gasteiger partial charge < -0.3 is 5.32 Å². The number of nitrogens with one attached hydrogen (secondary N) is 1. The van der Waals surface area contributed by atoms with Crippen LogP contribution in [0.4, 0.5) is 10.1 Å². The van der Waals surface area contributed by atoms with E-state index in [1.165, 1.54) is 63.5 Å². The molecule has 2 nitrogen and oxygen atoms in total. The molecule has 4 fully saturated rings. The average molecular weight is 412 g/mol. The fraction of sp³-hybridized carbons (Fsp3) is 0.741. The van der Waals surface area contributed by atoms with Crippen LogP contribution in [-0.4, -0.2) is 12.3 Å². The Labute approximate surface area is 181 Å². The molecule has 0 aromatic heterocycles. The van der Waals surface area contributed by atoms with Crippen molar-refractivity contribution in [3.05, 3.63) is 30.1 Å². The Hall–Kier alpha value is -1.38. The van der Waals surface area contributed by atoms with Crippen LogP contribution in [0.25, 0.3) is 0 Å². The van der Waals surface area contributed by atoms with Crippen LogP contribution in [0.1, 0.15) is 71.6 Å². The molecule has 0 amide bonds. The van der Waals surface area contributed by atoms with E-state index < -0.39 is 0 Å². The second-order valence-corrected chi connectivity index (χ2v) is 11.4. The summed E-state index contributed by atoms with van der Waals surface area (Å²) in [5.74, 6) is 5.75. The summed E-state index contributed by atoms with van der Waals surface area (Å²) in [6.45, 7) is 5.26. The van der Waals surface area contributed by atoms with Gasteiger partial charge in [0.2, 0.25) is 0 Å². The molecule has 0 spiro atoms. The molecule has 5 rings (SSSR count). The van der Waals surface area contributed by atoms with E-state index in [0.29, 0.717) is 12.3 Å². The molecule has 1 aromatic carbocycles. The van der Waals surface area contributed by atoms with Gasteiger partial charge in [-0.15, -0.1) is 0 Å². The summed E-state index contributed by atoms with van der Waals surface area (Å²) < 4.78 is 13.1. The van der Waals surface area contributed by atoms with Crippen molar-refractivity contribution in [2.24, 2.45) is 46.8 Å². The van der Waals surface area contributed by atoms with Crippen LogP contribution < -0.4 is 5.32 Å². The van der Waals surface area contributed by atoms with E-state index in [-0.39, 0.29) is 17.2 Å². The first-order chi connectivity index (χ1) is 14.5. The molecule has 0 bridgehead atoms. The van der Waals surface area contributed by atoms with Gasteiger partial charge in [-0.1, -0.05) is 20.3 Å². The minimum absolute atomic E-state index is 0.192. The van der Waals surface area contributed by atoms with Crippen LogP contribution >= 0.6 is 0 Å². The summed E-state index contributed by atoms with van der Waals surface area (Å²) in [7, 11) is 0. The zero-order valence-electron chi connectivity index (χ0n) is 18.7. The molecule has 0 heterocycles. The van der Waals surface area contributed by atoms with E-state index in [0.717, 1.165) is 47.6 Å². The lowest BCUT2D eigenvalue weighted by Gasteiger charge is -2.56. The van der Waals surface area contributed by atoms with Crippen LogP contribution in [0.2, 0.25) is 0 Å². The van der Waals surface area contributed by atoms with Gasteiger partial charge in [0, 0.05) is 11.6 Å². The molecule has 0 aliphatic heterocycles. The first kappa shape index (κ1) is 20.5. The third kappa shape index (κ3) is 3.50. The normalized spacial score (nSPS) is 42.7. The number of anilines is 1. The summed E-state index contributed by atoms with van der Waals surface area (Å²) in [5, 5.41) is 3.24. The van der Waals surface area contributed by atoms with Gasteiger partial charge in [0.1, 0.15) is 5.82 Å². The van der Waals surface area contributed by atoms with Gasteiger partial charge in [-0.25, -0.2) is 4.39 Å². The van der Waals surface area contributed by atoms with E-state index in [1.807, 2.05) is 0 Å². The molecular weight excluding hydrogens is 373 g/mol. The lowest BCUT2D eigenvalue weighted by atomic mass is 9.49. The maximum atomic E-state index is 13.2. The second kappa shape index (κ2) is 7.95. The first-order valence-electron chi connectivity index (χ1n) is 12.5. The molecule has 164 valence electrons. The number of hydrogen-bond acceptors (Lipinski definition) is 2. The zero-order valence-corrected chi connectivity index (χ0v) is 18.7. The van der Waals surface area contributed by atoms with E-state index in [9.17, 15) is 9.18 Å². The van der Waals surface area contributed by atoms with Gasteiger partial charge in [0.15, 0.2) is 5.78 Å². The maximum Gasteiger partial charge on any atom is 0.155 e. The maximum absolute atomic E-state index is 13.2. The highest BCUT2D eigenvalue weighted by Gasteiger charge is 2.58. The molecule has 6 unspecified atom stereocenters. The van der Waals surface area contributed by atoms with Crippen LogP contribution in [0.5, 0.6) is 0 Å². The van der Waals surface area contributed by atoms with Gasteiger partial charge in [0.25, 0.3) is 0 Å². The fourth-order valence-corrected chi connectivity index (χ4v) is 8.50. The Balaban J connectivity index is 1.26. The molecular formula is C27H38FNO. The fourth-order valence-electron chi connectivity index (χ4n) is 8.50. The first-order valence-corrected chi connectivity index (χ1v) is 12.5. The number of carbonyl (C=O) groups excluding carboxylic acids is 1. The van der Waals surface area contributed by atoms with E-state index in [2.05, 4.69) is 19.2 Å². The van der Waals surface area contributed by atoms with Crippen molar-refractivity contribution >= 4 is 11.5 Å². The van der Waals surface area contributed by atoms with Crippen molar-refractivity contribution in [1.29, 1.82) is 0 Å². The van der Waals surface area contributed by atoms with Gasteiger partial charge >= 0.3 is 0 Å². The molecule has 4 aliphatic carbocycles. The minimum atomic E-state index is -0.239. The van der Waals surface area contributed by atoms with E-state index >= 15 is 0 Å². The standard InChI is InChI=1S/C27H38FNO/c1-17-3-9-21-18(15-17)4-10-23-22(21)13-14-27(2)24(23)11-12-25(27)26(30)16-29-20-7-5-19(28)6-8-20/h5-8,17-18,21-25,29H,3-4,9-16H2,1-2H3/t17?,18?,21-,22?,23?,24?,25?,27-/m0/s1. The molecule has 1 aromatic rings. The van der Waals surface area contributed by atoms with Crippen molar-refractivity contribution in [2.45, 2.75) is 71.6 Å². The third-order valence-corrected chi connectivity index (χ3v) is 9.92. The number of hydrogen-bond donors (Lipinski definition) is 1. The van der Waals surface area contributed by atoms with Crippen molar-refractivity contribution in [1.82, 2.24) is 0 Å². The van der Waals surface area contributed by atoms with Crippen molar-refractivity contribution in [3.63, 3.8) is 0 Å². The highest BCUT2D eigenvalue weighted by atomic mass is 19.1. The highest BCUT2D eigenvalue weighted by Crippen LogP contribution is 2.64. The van der Waals surface area contributed by atoms with Gasteiger partial charge in [-0.05, 0) is 117 Å².